The number of rotatable bonds is 6. The smallest absolute Gasteiger partial charge is 0.247 e. The lowest BCUT2D eigenvalue weighted by Gasteiger charge is -2.30. The van der Waals surface area contributed by atoms with E-state index in [4.69, 9.17) is 4.74 Å². The van der Waals surface area contributed by atoms with Gasteiger partial charge in [-0.1, -0.05) is 36.4 Å². The minimum atomic E-state index is -4.15. The Morgan fingerprint density at radius 2 is 1.82 bits per heavy atom. The number of hydrogen-bond acceptors (Lipinski definition) is 6. The highest BCUT2D eigenvalue weighted by atomic mass is 32.2. The standard InChI is InChI=1S/C19H23NO6S2/c1-14-8-9-18(26-2)19(10-14)28(24,25)20(11-15-6-4-3-5-7-15)16-12-27(22,23)13-17(16)21/h3-10,16-17,21H,11-13H2,1-2H3/t16-,17-/m0/s1. The van der Waals surface area contributed by atoms with Gasteiger partial charge in [-0.2, -0.15) is 4.31 Å². The number of benzene rings is 2. The molecule has 1 N–H and O–H groups in total. The van der Waals surface area contributed by atoms with E-state index in [2.05, 4.69) is 0 Å². The van der Waals surface area contributed by atoms with Gasteiger partial charge < -0.3 is 9.84 Å². The predicted octanol–water partition coefficient (Wildman–Crippen LogP) is 1.35. The van der Waals surface area contributed by atoms with Gasteiger partial charge in [0.05, 0.1) is 30.8 Å². The molecule has 0 saturated carbocycles. The third-order valence-corrected chi connectivity index (χ3v) is 8.34. The van der Waals surface area contributed by atoms with E-state index in [1.807, 2.05) is 0 Å². The molecular weight excluding hydrogens is 402 g/mol. The number of aryl methyl sites for hydroxylation is 1. The van der Waals surface area contributed by atoms with Crippen LogP contribution < -0.4 is 4.74 Å². The molecule has 1 heterocycles. The molecule has 0 amide bonds. The van der Waals surface area contributed by atoms with E-state index in [-0.39, 0.29) is 17.2 Å². The van der Waals surface area contributed by atoms with Crippen LogP contribution in [0.25, 0.3) is 0 Å². The van der Waals surface area contributed by atoms with Crippen molar-refractivity contribution in [3.8, 4) is 5.75 Å². The van der Waals surface area contributed by atoms with Crippen LogP contribution >= 0.6 is 0 Å². The summed E-state index contributed by atoms with van der Waals surface area (Å²) < 4.78 is 57.5. The zero-order chi connectivity index (χ0) is 20.5. The van der Waals surface area contributed by atoms with Crippen LogP contribution in [0.5, 0.6) is 5.75 Å². The number of aliphatic hydroxyl groups is 1. The Labute approximate surface area is 165 Å². The molecule has 0 spiro atoms. The summed E-state index contributed by atoms with van der Waals surface area (Å²) in [5, 5.41) is 10.3. The van der Waals surface area contributed by atoms with Gasteiger partial charge in [0.2, 0.25) is 10.0 Å². The van der Waals surface area contributed by atoms with Crippen LogP contribution in [0.1, 0.15) is 11.1 Å². The third-order valence-electron chi connectivity index (χ3n) is 4.75. The molecule has 1 fully saturated rings. The molecule has 0 bridgehead atoms. The molecule has 0 aliphatic carbocycles. The summed E-state index contributed by atoms with van der Waals surface area (Å²) >= 11 is 0. The van der Waals surface area contributed by atoms with Crippen molar-refractivity contribution in [3.63, 3.8) is 0 Å². The Bertz CT molecular complexity index is 1050. The van der Waals surface area contributed by atoms with Gasteiger partial charge in [0.15, 0.2) is 9.84 Å². The molecule has 28 heavy (non-hydrogen) atoms. The number of sulfone groups is 1. The zero-order valence-corrected chi connectivity index (χ0v) is 17.3. The van der Waals surface area contributed by atoms with Gasteiger partial charge in [0.1, 0.15) is 10.6 Å². The molecule has 2 aromatic rings. The van der Waals surface area contributed by atoms with Crippen LogP contribution in [-0.2, 0) is 26.4 Å². The summed E-state index contributed by atoms with van der Waals surface area (Å²) in [5.74, 6) is -0.711. The lowest BCUT2D eigenvalue weighted by molar-refractivity contribution is 0.125. The van der Waals surface area contributed by atoms with E-state index in [9.17, 15) is 21.9 Å². The normalized spacial score (nSPS) is 21.7. The highest BCUT2D eigenvalue weighted by molar-refractivity contribution is 7.92. The molecule has 0 unspecified atom stereocenters. The molecule has 1 aliphatic heterocycles. The van der Waals surface area contributed by atoms with Crippen molar-refractivity contribution in [2.24, 2.45) is 0 Å². The second-order valence-electron chi connectivity index (χ2n) is 6.90. The number of ether oxygens (including phenoxy) is 1. The van der Waals surface area contributed by atoms with Crippen molar-refractivity contribution in [2.75, 3.05) is 18.6 Å². The Kier molecular flexibility index (Phi) is 5.81. The lowest BCUT2D eigenvalue weighted by atomic mass is 10.2. The van der Waals surface area contributed by atoms with E-state index in [1.165, 1.54) is 13.2 Å². The first kappa shape index (κ1) is 20.8. The summed E-state index contributed by atoms with van der Waals surface area (Å²) in [5.41, 5.74) is 1.41. The van der Waals surface area contributed by atoms with E-state index in [0.717, 1.165) is 9.87 Å². The van der Waals surface area contributed by atoms with Gasteiger partial charge in [-0.25, -0.2) is 16.8 Å². The van der Waals surface area contributed by atoms with Gasteiger partial charge >= 0.3 is 0 Å². The molecule has 1 aliphatic rings. The molecule has 2 aromatic carbocycles. The van der Waals surface area contributed by atoms with E-state index in [1.54, 1.807) is 49.4 Å². The number of aliphatic hydroxyl groups excluding tert-OH is 1. The van der Waals surface area contributed by atoms with Crippen molar-refractivity contribution in [2.45, 2.75) is 30.5 Å². The van der Waals surface area contributed by atoms with E-state index in [0.29, 0.717) is 5.56 Å². The fourth-order valence-electron chi connectivity index (χ4n) is 3.34. The average Bonchev–Trinajstić information content (AvgIpc) is 2.92. The molecular formula is C19H23NO6S2. The Morgan fingerprint density at radius 3 is 2.39 bits per heavy atom. The minimum Gasteiger partial charge on any atom is -0.495 e. The van der Waals surface area contributed by atoms with Crippen LogP contribution in [0.2, 0.25) is 0 Å². The van der Waals surface area contributed by atoms with Crippen molar-refractivity contribution in [1.29, 1.82) is 0 Å². The van der Waals surface area contributed by atoms with Crippen LogP contribution in [0, 0.1) is 6.92 Å². The first-order chi connectivity index (χ1) is 13.1. The number of sulfonamides is 1. The first-order valence-electron chi connectivity index (χ1n) is 8.73. The maximum atomic E-state index is 13.6. The summed E-state index contributed by atoms with van der Waals surface area (Å²) in [7, 11) is -6.31. The molecule has 152 valence electrons. The third kappa shape index (κ3) is 4.22. The molecule has 9 heteroatoms. The number of methoxy groups -OCH3 is 1. The van der Waals surface area contributed by atoms with Gasteiger partial charge in [-0.05, 0) is 30.2 Å². The van der Waals surface area contributed by atoms with Gasteiger partial charge in [-0.3, -0.25) is 0 Å². The summed E-state index contributed by atoms with van der Waals surface area (Å²) in [4.78, 5) is -0.0533. The fourth-order valence-corrected chi connectivity index (χ4v) is 7.12. The van der Waals surface area contributed by atoms with Gasteiger partial charge in [0, 0.05) is 6.54 Å². The monoisotopic (exact) mass is 425 g/mol. The largest absolute Gasteiger partial charge is 0.495 e. The van der Waals surface area contributed by atoms with E-state index >= 15 is 0 Å². The molecule has 7 nitrogen and oxygen atoms in total. The van der Waals surface area contributed by atoms with Crippen molar-refractivity contribution >= 4 is 19.9 Å². The second kappa shape index (κ2) is 7.82. The van der Waals surface area contributed by atoms with Crippen LogP contribution in [0.15, 0.2) is 53.4 Å². The first-order valence-corrected chi connectivity index (χ1v) is 12.0. The molecule has 1 saturated heterocycles. The summed E-state index contributed by atoms with van der Waals surface area (Å²) in [6.07, 6.45) is -1.29. The zero-order valence-electron chi connectivity index (χ0n) is 15.6. The number of hydrogen-bond donors (Lipinski definition) is 1. The summed E-state index contributed by atoms with van der Waals surface area (Å²) in [6.45, 7) is 1.70. The molecule has 0 radical (unpaired) electrons. The minimum absolute atomic E-state index is 0.0533. The Morgan fingerprint density at radius 1 is 1.14 bits per heavy atom. The molecule has 2 atom stereocenters. The van der Waals surface area contributed by atoms with Crippen LogP contribution in [0.4, 0.5) is 0 Å². The topological polar surface area (TPSA) is 101 Å². The average molecular weight is 426 g/mol. The molecule has 0 aromatic heterocycles. The van der Waals surface area contributed by atoms with E-state index < -0.39 is 43.5 Å². The highest BCUT2D eigenvalue weighted by Gasteiger charge is 2.45. The van der Waals surface area contributed by atoms with Crippen molar-refractivity contribution in [3.05, 3.63) is 59.7 Å². The predicted molar refractivity (Wildman–Crippen MR) is 105 cm³/mol. The second-order valence-corrected chi connectivity index (χ2v) is 10.9. The maximum Gasteiger partial charge on any atom is 0.247 e. The molecule has 3 rings (SSSR count). The van der Waals surface area contributed by atoms with Crippen LogP contribution in [-0.4, -0.2) is 57.0 Å². The number of nitrogens with zero attached hydrogens (tertiary/aromatic N) is 1. The summed E-state index contributed by atoms with van der Waals surface area (Å²) in [6, 6.07) is 12.6. The van der Waals surface area contributed by atoms with Crippen molar-refractivity contribution < 1.29 is 26.7 Å². The van der Waals surface area contributed by atoms with Crippen molar-refractivity contribution in [1.82, 2.24) is 4.31 Å². The maximum absolute atomic E-state index is 13.6. The van der Waals surface area contributed by atoms with Gasteiger partial charge in [-0.15, -0.1) is 0 Å². The lowest BCUT2D eigenvalue weighted by Crippen LogP contribution is -2.46. The quantitative estimate of drug-likeness (QED) is 0.750. The van der Waals surface area contributed by atoms with Crippen LogP contribution in [0.3, 0.4) is 0 Å². The fraction of sp³-hybridized carbons (Fsp3) is 0.368. The highest BCUT2D eigenvalue weighted by Crippen LogP contribution is 2.32. The Hall–Kier alpha value is -1.94. The SMILES string of the molecule is COc1ccc(C)cc1S(=O)(=O)N(Cc1ccccc1)[C@H]1CS(=O)(=O)C[C@@H]1O. The van der Waals surface area contributed by atoms with Gasteiger partial charge in [0.25, 0.3) is 0 Å². The Balaban J connectivity index is 2.12.